The van der Waals surface area contributed by atoms with E-state index in [0.717, 1.165) is 0 Å². The second-order valence-electron chi connectivity index (χ2n) is 5.76. The summed E-state index contributed by atoms with van der Waals surface area (Å²) in [5.41, 5.74) is 1.35. The largest absolute Gasteiger partial charge is 0.480 e. The normalized spacial score (nSPS) is 12.5. The lowest BCUT2D eigenvalue weighted by Gasteiger charge is -2.12. The summed E-state index contributed by atoms with van der Waals surface area (Å²) in [5, 5.41) is 16.3. The molecule has 0 saturated heterocycles. The molecule has 0 radical (unpaired) electrons. The van der Waals surface area contributed by atoms with Crippen LogP contribution in [0.1, 0.15) is 23.7 Å². The molecule has 1 unspecified atom stereocenters. The van der Waals surface area contributed by atoms with Gasteiger partial charge < -0.3 is 21.6 Å². The molecular weight excluding hydrogens is 384 g/mol. The van der Waals surface area contributed by atoms with E-state index in [4.69, 9.17) is 10.9 Å². The maximum Gasteiger partial charge on any atom is 0.322 e. The van der Waals surface area contributed by atoms with Gasteiger partial charge in [0.05, 0.1) is 4.90 Å². The fourth-order valence-electron chi connectivity index (χ4n) is 2.48. The number of nitrogens with one attached hydrogen (secondary N) is 2. The lowest BCUT2D eigenvalue weighted by molar-refractivity contribution is -0.136. The minimum atomic E-state index is -4.01. The van der Waals surface area contributed by atoms with E-state index in [-0.39, 0.29) is 11.3 Å². The fourth-order valence-corrected chi connectivity index (χ4v) is 4.03. The van der Waals surface area contributed by atoms with Crippen LogP contribution in [0.3, 0.4) is 0 Å². The Morgan fingerprint density at radius 2 is 1.86 bits per heavy atom. The van der Waals surface area contributed by atoms with Gasteiger partial charge in [-0.2, -0.15) is 5.10 Å². The highest BCUT2D eigenvalue weighted by atomic mass is 32.2. The predicted molar refractivity (Wildman–Crippen MR) is 106 cm³/mol. The molecular formula is C18H20N4O5S. The van der Waals surface area contributed by atoms with E-state index in [1.165, 1.54) is 37.5 Å². The molecule has 1 atom stereocenters. The van der Waals surface area contributed by atoms with Gasteiger partial charge in [-0.05, 0) is 48.9 Å². The summed E-state index contributed by atoms with van der Waals surface area (Å²) in [7, 11) is -4.01. The van der Waals surface area contributed by atoms with Gasteiger partial charge in [0.15, 0.2) is 15.1 Å². The summed E-state index contributed by atoms with van der Waals surface area (Å²) in [6.45, 7) is 1.49. The van der Waals surface area contributed by atoms with E-state index >= 15 is 0 Å². The average Bonchev–Trinajstić information content (AvgIpc) is 2.67. The highest BCUT2D eigenvalue weighted by Gasteiger charge is 2.32. The molecule has 0 heterocycles. The minimum absolute atomic E-state index is 0.0462. The molecule has 0 aromatic heterocycles. The van der Waals surface area contributed by atoms with Gasteiger partial charge in [-0.3, -0.25) is 9.59 Å². The number of sulfone groups is 1. The molecule has 9 nitrogen and oxygen atoms in total. The Hall–Kier alpha value is -3.40. The SMILES string of the molecule is CCC(C(=O)O)S(=O)(=O)c1ccc(NC(=O)c2cccc(NC=NN)c2)cc1. The average molecular weight is 404 g/mol. The van der Waals surface area contributed by atoms with Crippen LogP contribution >= 0.6 is 0 Å². The molecule has 28 heavy (non-hydrogen) atoms. The predicted octanol–water partition coefficient (Wildman–Crippen LogP) is 1.89. The Labute approximate surface area is 162 Å². The van der Waals surface area contributed by atoms with Crippen LogP contribution in [0.25, 0.3) is 0 Å². The first-order valence-electron chi connectivity index (χ1n) is 8.26. The topological polar surface area (TPSA) is 151 Å². The van der Waals surface area contributed by atoms with Gasteiger partial charge in [-0.25, -0.2) is 8.42 Å². The molecule has 0 aliphatic carbocycles. The number of hydrogen-bond acceptors (Lipinski definition) is 6. The van der Waals surface area contributed by atoms with Gasteiger partial charge in [-0.15, -0.1) is 0 Å². The van der Waals surface area contributed by atoms with Crippen molar-refractivity contribution in [2.75, 3.05) is 10.6 Å². The smallest absolute Gasteiger partial charge is 0.322 e. The Kier molecular flexibility index (Phi) is 6.72. The molecule has 2 rings (SSSR count). The summed E-state index contributed by atoms with van der Waals surface area (Å²) in [5.74, 6) is 3.22. The number of anilines is 2. The van der Waals surface area contributed by atoms with Gasteiger partial charge >= 0.3 is 5.97 Å². The van der Waals surface area contributed by atoms with Crippen LogP contribution in [0.15, 0.2) is 58.5 Å². The third-order valence-corrected chi connectivity index (χ3v) is 6.11. The molecule has 2 aromatic rings. The quantitative estimate of drug-likeness (QED) is 0.227. The second-order valence-corrected chi connectivity index (χ2v) is 7.89. The summed E-state index contributed by atoms with van der Waals surface area (Å²) in [6, 6.07) is 12.0. The summed E-state index contributed by atoms with van der Waals surface area (Å²) >= 11 is 0. The van der Waals surface area contributed by atoms with Crippen molar-refractivity contribution in [3.05, 3.63) is 54.1 Å². The number of carboxylic acid groups (broad SMARTS) is 1. The molecule has 5 N–H and O–H groups in total. The first kappa shape index (κ1) is 20.9. The zero-order chi connectivity index (χ0) is 20.7. The summed E-state index contributed by atoms with van der Waals surface area (Å²) in [4.78, 5) is 23.4. The van der Waals surface area contributed by atoms with Crippen molar-refractivity contribution in [1.29, 1.82) is 0 Å². The van der Waals surface area contributed by atoms with E-state index in [0.29, 0.717) is 16.9 Å². The van der Waals surface area contributed by atoms with Gasteiger partial charge in [0.2, 0.25) is 0 Å². The first-order chi connectivity index (χ1) is 13.3. The van der Waals surface area contributed by atoms with E-state index < -0.39 is 27.0 Å². The summed E-state index contributed by atoms with van der Waals surface area (Å²) < 4.78 is 24.8. The number of carbonyl (C=O) groups is 2. The maximum atomic E-state index is 12.4. The van der Waals surface area contributed by atoms with Crippen LogP contribution in [0.4, 0.5) is 11.4 Å². The molecule has 2 aromatic carbocycles. The van der Waals surface area contributed by atoms with Crippen LogP contribution in [-0.4, -0.2) is 37.0 Å². The monoisotopic (exact) mass is 404 g/mol. The van der Waals surface area contributed by atoms with Crippen LogP contribution in [0, 0.1) is 0 Å². The number of benzene rings is 2. The van der Waals surface area contributed by atoms with Crippen molar-refractivity contribution in [2.45, 2.75) is 23.5 Å². The number of hydrogen-bond donors (Lipinski definition) is 4. The molecule has 0 saturated carbocycles. The van der Waals surface area contributed by atoms with Crippen molar-refractivity contribution in [2.24, 2.45) is 10.9 Å². The number of hydrazone groups is 1. The molecule has 0 bridgehead atoms. The zero-order valence-electron chi connectivity index (χ0n) is 15.0. The zero-order valence-corrected chi connectivity index (χ0v) is 15.8. The number of carboxylic acids is 1. The molecule has 0 spiro atoms. The van der Waals surface area contributed by atoms with Crippen LogP contribution < -0.4 is 16.5 Å². The number of rotatable bonds is 8. The second kappa shape index (κ2) is 9.00. The first-order valence-corrected chi connectivity index (χ1v) is 9.80. The lowest BCUT2D eigenvalue weighted by atomic mass is 10.2. The maximum absolute atomic E-state index is 12.4. The molecule has 10 heteroatoms. The molecule has 1 amide bonds. The molecule has 0 aliphatic rings. The van der Waals surface area contributed by atoms with Crippen molar-refractivity contribution in [3.63, 3.8) is 0 Å². The van der Waals surface area contributed by atoms with E-state index in [2.05, 4.69) is 15.7 Å². The van der Waals surface area contributed by atoms with Crippen molar-refractivity contribution < 1.29 is 23.1 Å². The van der Waals surface area contributed by atoms with Crippen LogP contribution in [0.5, 0.6) is 0 Å². The van der Waals surface area contributed by atoms with E-state index in [9.17, 15) is 18.0 Å². The number of carbonyl (C=O) groups excluding carboxylic acids is 1. The number of nitrogens with two attached hydrogens (primary N) is 1. The van der Waals surface area contributed by atoms with Gasteiger partial charge in [0.25, 0.3) is 5.91 Å². The van der Waals surface area contributed by atoms with Crippen LogP contribution in [0.2, 0.25) is 0 Å². The number of amides is 1. The molecule has 0 aliphatic heterocycles. The van der Waals surface area contributed by atoms with Gasteiger partial charge in [-0.1, -0.05) is 13.0 Å². The molecule has 148 valence electrons. The van der Waals surface area contributed by atoms with Gasteiger partial charge in [0.1, 0.15) is 6.34 Å². The van der Waals surface area contributed by atoms with Crippen molar-refractivity contribution >= 4 is 39.4 Å². The Bertz CT molecular complexity index is 987. The van der Waals surface area contributed by atoms with E-state index in [1.807, 2.05) is 0 Å². The third-order valence-electron chi connectivity index (χ3n) is 3.89. The van der Waals surface area contributed by atoms with Crippen molar-refractivity contribution in [1.82, 2.24) is 0 Å². The standard InChI is InChI=1S/C18H20N4O5S/c1-2-16(18(24)25)28(26,27)15-8-6-13(7-9-15)22-17(23)12-4-3-5-14(10-12)20-11-21-19/h3-11,16H,2,19H2,1H3,(H,20,21)(H,22,23)(H,24,25). The van der Waals surface area contributed by atoms with Crippen LogP contribution in [-0.2, 0) is 14.6 Å². The Balaban J connectivity index is 2.16. The van der Waals surface area contributed by atoms with E-state index in [1.54, 1.807) is 24.3 Å². The lowest BCUT2D eigenvalue weighted by Crippen LogP contribution is -2.29. The Morgan fingerprint density at radius 1 is 1.18 bits per heavy atom. The number of nitrogens with zero attached hydrogens (tertiary/aromatic N) is 1. The summed E-state index contributed by atoms with van der Waals surface area (Å²) in [6.07, 6.45) is 1.23. The van der Waals surface area contributed by atoms with Gasteiger partial charge in [0, 0.05) is 16.9 Å². The van der Waals surface area contributed by atoms with Crippen molar-refractivity contribution in [3.8, 4) is 0 Å². The highest BCUT2D eigenvalue weighted by Crippen LogP contribution is 2.21. The third kappa shape index (κ3) is 4.86. The highest BCUT2D eigenvalue weighted by molar-refractivity contribution is 7.92. The number of aliphatic carboxylic acids is 1. The fraction of sp³-hybridized carbons (Fsp3) is 0.167. The molecule has 0 fully saturated rings. The minimum Gasteiger partial charge on any atom is -0.480 e. The Morgan fingerprint density at radius 3 is 2.43 bits per heavy atom.